The van der Waals surface area contributed by atoms with E-state index in [9.17, 15) is 45.1 Å². The Hall–Kier alpha value is -3.17. The molecule has 1 atom stereocenters. The van der Waals surface area contributed by atoms with E-state index in [1.54, 1.807) is 32.1 Å². The van der Waals surface area contributed by atoms with Gasteiger partial charge in [0.2, 0.25) is 11.8 Å². The van der Waals surface area contributed by atoms with Crippen molar-refractivity contribution < 1.29 is 104 Å². The number of aromatic nitrogens is 1. The minimum atomic E-state index is -4.52. The van der Waals surface area contributed by atoms with Crippen LogP contribution in [0.5, 0.6) is 0 Å². The first-order valence-electron chi connectivity index (χ1n) is 17.3. The van der Waals surface area contributed by atoms with Crippen LogP contribution in [0, 0.1) is 6.92 Å². The van der Waals surface area contributed by atoms with Gasteiger partial charge in [0.25, 0.3) is 11.8 Å². The predicted octanol–water partition coefficient (Wildman–Crippen LogP) is -4.46. The molecule has 296 valence electrons. The van der Waals surface area contributed by atoms with Crippen molar-refractivity contribution in [3.8, 4) is 0 Å². The number of nitrogens with zero attached hydrogens (tertiary/aromatic N) is 1. The molecule has 1 unspecified atom stereocenters. The van der Waals surface area contributed by atoms with E-state index in [1.807, 2.05) is 13.8 Å². The number of hydrogen-bond acceptors (Lipinski definition) is 11. The normalized spacial score (nSPS) is 18.4. The molecule has 0 aliphatic carbocycles. The Kier molecular flexibility index (Phi) is 18.6. The third-order valence-electron chi connectivity index (χ3n) is 9.60. The van der Waals surface area contributed by atoms with Gasteiger partial charge in [-0.05, 0) is 80.5 Å². The Labute approximate surface area is 377 Å². The third-order valence-corrected chi connectivity index (χ3v) is 11.0. The number of aromatic amines is 1. The fourth-order valence-electron chi connectivity index (χ4n) is 6.55. The van der Waals surface area contributed by atoms with Gasteiger partial charge >= 0.3 is 59.1 Å². The molecule has 1 aromatic rings. The zero-order chi connectivity index (χ0) is 40.8. The smallest absolute Gasteiger partial charge is 0.748 e. The molecule has 3 aliphatic rings. The molecule has 0 spiro atoms. The van der Waals surface area contributed by atoms with Crippen molar-refractivity contribution in [2.24, 2.45) is 4.99 Å². The third kappa shape index (κ3) is 13.4. The van der Waals surface area contributed by atoms with Gasteiger partial charge in [-0.15, -0.1) is 0 Å². The van der Waals surface area contributed by atoms with E-state index in [0.717, 1.165) is 22.3 Å². The van der Waals surface area contributed by atoms with Gasteiger partial charge < -0.3 is 35.4 Å². The van der Waals surface area contributed by atoms with E-state index in [0.29, 0.717) is 50.8 Å². The number of aliphatic imine (C=N–C) groups is 1. The van der Waals surface area contributed by atoms with Crippen LogP contribution >= 0.6 is 0 Å². The summed E-state index contributed by atoms with van der Waals surface area (Å²) in [5.74, 6) is -2.99. The van der Waals surface area contributed by atoms with Gasteiger partial charge in [0.15, 0.2) is 0 Å². The zero-order valence-electron chi connectivity index (χ0n) is 33.0. The molecule has 1 aromatic heterocycles. The minimum Gasteiger partial charge on any atom is -0.748 e. The van der Waals surface area contributed by atoms with Crippen LogP contribution in [0.4, 0.5) is 0 Å². The Morgan fingerprint density at radius 3 is 1.84 bits per heavy atom. The molecule has 0 radical (unpaired) electrons. The molecule has 5 N–H and O–H groups in total. The van der Waals surface area contributed by atoms with E-state index in [-0.39, 0.29) is 116 Å². The molecule has 0 aromatic carbocycles. The van der Waals surface area contributed by atoms with Crippen molar-refractivity contribution >= 4 is 55.7 Å². The van der Waals surface area contributed by atoms with Gasteiger partial charge in [0, 0.05) is 66.2 Å². The molecule has 4 heterocycles. The van der Waals surface area contributed by atoms with Gasteiger partial charge in [0.1, 0.15) is 0 Å². The molecular formula is C37H44N6Na2O10S2. The standard InChI is InChI=1S/C37H46N6O10S2.2Na/c1-7-24-23(6)36(46)43-31(24)18-29-22(5)27(10-12-35(45)39-14-16-55(51,52)53)33(41-29)19-32-26(9-11-34(44)38-13-15-54(48,49)50)21(4)28(40-32)17-30-20(3)25(8-2)37(47)42-30;;/h7-8,17-18,33,40H,1-2,9-16,19H2,3-6H3,(H,38,44)(H,39,45)(H,42,47)(H,43,46)(H,48,49,50)(H,51,52,53);;/q;2*+1/p-2/b30-17-,31-18?;;. The predicted molar refractivity (Wildman–Crippen MR) is 204 cm³/mol. The monoisotopic (exact) mass is 842 g/mol. The largest absolute Gasteiger partial charge is 1.00 e. The summed E-state index contributed by atoms with van der Waals surface area (Å²) in [6.07, 6.45) is 7.16. The van der Waals surface area contributed by atoms with Crippen molar-refractivity contribution in [3.05, 3.63) is 98.7 Å². The van der Waals surface area contributed by atoms with Crippen LogP contribution in [-0.4, -0.2) is 90.9 Å². The van der Waals surface area contributed by atoms with Crippen LogP contribution in [0.3, 0.4) is 0 Å². The van der Waals surface area contributed by atoms with Gasteiger partial charge in [-0.2, -0.15) is 0 Å². The van der Waals surface area contributed by atoms with Gasteiger partial charge in [0.05, 0.1) is 49.2 Å². The maximum atomic E-state index is 12.7. The average molecular weight is 843 g/mol. The number of rotatable bonds is 18. The van der Waals surface area contributed by atoms with Gasteiger partial charge in [-0.25, -0.2) is 16.8 Å². The summed E-state index contributed by atoms with van der Waals surface area (Å²) in [6.45, 7) is 14.0. The maximum absolute atomic E-state index is 12.7. The first kappa shape index (κ1) is 50.0. The number of H-pyrrole nitrogens is 1. The number of carbonyl (C=O) groups is 4. The van der Waals surface area contributed by atoms with Crippen LogP contribution in [0.25, 0.3) is 6.08 Å². The van der Waals surface area contributed by atoms with Crippen molar-refractivity contribution in [1.29, 1.82) is 0 Å². The topological polar surface area (TPSA) is 259 Å². The molecule has 4 amide bonds. The quantitative estimate of drug-likeness (QED) is 0.0700. The number of nitrogens with one attached hydrogen (secondary N) is 5. The Bertz CT molecular complexity index is 2270. The Morgan fingerprint density at radius 2 is 1.32 bits per heavy atom. The van der Waals surface area contributed by atoms with E-state index in [4.69, 9.17) is 4.99 Å². The van der Waals surface area contributed by atoms with Crippen LogP contribution in [0.1, 0.15) is 62.5 Å². The van der Waals surface area contributed by atoms with E-state index in [1.165, 1.54) is 6.08 Å². The van der Waals surface area contributed by atoms with Gasteiger partial charge in [-0.1, -0.05) is 25.3 Å². The number of carbonyl (C=O) groups excluding carboxylic acids is 4. The first-order chi connectivity index (χ1) is 25.7. The summed E-state index contributed by atoms with van der Waals surface area (Å²) in [7, 11) is -9.03. The van der Waals surface area contributed by atoms with Crippen LogP contribution in [-0.2, 0) is 52.3 Å². The molecule has 0 fully saturated rings. The van der Waals surface area contributed by atoms with Crippen molar-refractivity contribution in [2.45, 2.75) is 65.8 Å². The molecule has 57 heavy (non-hydrogen) atoms. The Morgan fingerprint density at radius 1 is 0.772 bits per heavy atom. The second kappa shape index (κ2) is 21.2. The second-order valence-electron chi connectivity index (χ2n) is 13.2. The Balaban J connectivity index is 0.00000561. The molecule has 4 rings (SSSR count). The van der Waals surface area contributed by atoms with Crippen molar-refractivity contribution in [1.82, 2.24) is 26.3 Å². The van der Waals surface area contributed by atoms with E-state index >= 15 is 0 Å². The van der Waals surface area contributed by atoms with Crippen LogP contribution < -0.4 is 80.4 Å². The second-order valence-corrected chi connectivity index (χ2v) is 16.3. The first-order valence-corrected chi connectivity index (χ1v) is 20.5. The molecule has 20 heteroatoms. The number of allylic oxidation sites excluding steroid dienone is 4. The fraction of sp³-hybridized carbons (Fsp3) is 0.378. The van der Waals surface area contributed by atoms with Gasteiger partial charge in [-0.3, -0.25) is 24.2 Å². The summed E-state index contributed by atoms with van der Waals surface area (Å²) in [6, 6.07) is -0.537. The van der Waals surface area contributed by atoms with Crippen LogP contribution in [0.15, 0.2) is 81.2 Å². The maximum Gasteiger partial charge on any atom is 1.00 e. The van der Waals surface area contributed by atoms with Crippen molar-refractivity contribution in [2.75, 3.05) is 24.6 Å². The SMILES string of the molecule is C=CC1=C(C)C(=O)NC1=CC1=NC(Cc2[nH]c(/C=C3\NC(=O)C(C=C)=C3C)c(C)c2CCC(=O)NCCS(=O)(=O)[O-])C(CCC(=O)NCCS(=O)(=O)[O-])=C1C.[Na+].[Na+]. The molecule has 0 bridgehead atoms. The van der Waals surface area contributed by atoms with Crippen molar-refractivity contribution in [3.63, 3.8) is 0 Å². The molecule has 3 aliphatic heterocycles. The summed E-state index contributed by atoms with van der Waals surface area (Å²) in [5.41, 5.74) is 8.26. The minimum absolute atomic E-state index is 0. The fourth-order valence-corrected chi connectivity index (χ4v) is 7.25. The average Bonchev–Trinajstić information content (AvgIpc) is 3.73. The number of hydrogen-bond donors (Lipinski definition) is 5. The van der Waals surface area contributed by atoms with E-state index in [2.05, 4.69) is 39.4 Å². The molecule has 0 saturated heterocycles. The summed E-state index contributed by atoms with van der Waals surface area (Å²) in [5, 5.41) is 10.6. The molecular weight excluding hydrogens is 799 g/mol. The number of amides is 4. The molecule has 0 saturated carbocycles. The summed E-state index contributed by atoms with van der Waals surface area (Å²) in [4.78, 5) is 58.9. The summed E-state index contributed by atoms with van der Waals surface area (Å²) < 4.78 is 66.1. The zero-order valence-corrected chi connectivity index (χ0v) is 38.6. The molecule has 16 nitrogen and oxygen atoms in total. The summed E-state index contributed by atoms with van der Waals surface area (Å²) >= 11 is 0. The van der Waals surface area contributed by atoms with Crippen LogP contribution in [0.2, 0.25) is 0 Å². The van der Waals surface area contributed by atoms with E-state index < -0.39 is 49.6 Å².